The van der Waals surface area contributed by atoms with Crippen molar-refractivity contribution < 1.29 is 18.3 Å². The molecule has 0 heterocycles. The van der Waals surface area contributed by atoms with Gasteiger partial charge in [0.15, 0.2) is 0 Å². The lowest BCUT2D eigenvalue weighted by molar-refractivity contribution is -0.125. The molecular weight excluding hydrogens is 271 g/mol. The SMILES string of the molecule is C[C@H](CNCCO)N(CC(N)=CCC(F)(F)F)C1CC1. The number of halogens is 3. The largest absolute Gasteiger partial charge is 0.401 e. The van der Waals surface area contributed by atoms with Crippen molar-refractivity contribution in [3.63, 3.8) is 0 Å². The van der Waals surface area contributed by atoms with Crippen molar-refractivity contribution in [3.05, 3.63) is 11.8 Å². The molecule has 0 spiro atoms. The number of aliphatic hydroxyl groups excluding tert-OH is 1. The number of allylic oxidation sites excluding steroid dienone is 1. The minimum Gasteiger partial charge on any atom is -0.401 e. The van der Waals surface area contributed by atoms with Crippen LogP contribution in [0.1, 0.15) is 26.2 Å². The minimum absolute atomic E-state index is 0.0732. The van der Waals surface area contributed by atoms with Gasteiger partial charge in [-0.3, -0.25) is 4.90 Å². The van der Waals surface area contributed by atoms with E-state index < -0.39 is 12.6 Å². The Morgan fingerprint density at radius 2 is 2.15 bits per heavy atom. The van der Waals surface area contributed by atoms with Crippen molar-refractivity contribution in [1.82, 2.24) is 10.2 Å². The average molecular weight is 295 g/mol. The minimum atomic E-state index is -4.21. The van der Waals surface area contributed by atoms with Gasteiger partial charge in [-0.05, 0) is 19.8 Å². The molecule has 0 aromatic rings. The summed E-state index contributed by atoms with van der Waals surface area (Å²) in [5, 5.41) is 11.8. The topological polar surface area (TPSA) is 61.5 Å². The van der Waals surface area contributed by atoms with Crippen LogP contribution in [0, 0.1) is 0 Å². The summed E-state index contributed by atoms with van der Waals surface area (Å²) in [4.78, 5) is 2.13. The molecule has 118 valence electrons. The third-order valence-electron chi connectivity index (χ3n) is 3.27. The Bertz CT molecular complexity index is 316. The fourth-order valence-electron chi connectivity index (χ4n) is 2.08. The highest BCUT2D eigenvalue weighted by Gasteiger charge is 2.32. The van der Waals surface area contributed by atoms with Gasteiger partial charge in [0.05, 0.1) is 13.0 Å². The smallest absolute Gasteiger partial charge is 0.392 e. The number of rotatable bonds is 9. The van der Waals surface area contributed by atoms with Crippen LogP contribution in [0.25, 0.3) is 0 Å². The Balaban J connectivity index is 2.45. The van der Waals surface area contributed by atoms with Gasteiger partial charge in [0.25, 0.3) is 0 Å². The van der Waals surface area contributed by atoms with Gasteiger partial charge in [-0.2, -0.15) is 13.2 Å². The Morgan fingerprint density at radius 1 is 1.50 bits per heavy atom. The number of aliphatic hydroxyl groups is 1. The van der Waals surface area contributed by atoms with Crippen molar-refractivity contribution in [2.45, 2.75) is 44.4 Å². The molecule has 0 aromatic carbocycles. The summed E-state index contributed by atoms with van der Waals surface area (Å²) in [6.07, 6.45) is -1.99. The predicted molar refractivity (Wildman–Crippen MR) is 72.1 cm³/mol. The summed E-state index contributed by atoms with van der Waals surface area (Å²) < 4.78 is 36.4. The zero-order chi connectivity index (χ0) is 15.2. The van der Waals surface area contributed by atoms with Gasteiger partial charge in [-0.1, -0.05) is 6.08 Å². The molecule has 0 amide bonds. The third kappa shape index (κ3) is 7.12. The highest BCUT2D eigenvalue weighted by Crippen LogP contribution is 2.29. The molecule has 0 unspecified atom stereocenters. The quantitative estimate of drug-likeness (QED) is 0.560. The highest BCUT2D eigenvalue weighted by molar-refractivity contribution is 5.03. The first-order valence-electron chi connectivity index (χ1n) is 6.92. The molecule has 0 radical (unpaired) electrons. The lowest BCUT2D eigenvalue weighted by Crippen LogP contribution is -2.44. The Morgan fingerprint density at radius 3 is 2.65 bits per heavy atom. The van der Waals surface area contributed by atoms with Crippen LogP contribution < -0.4 is 11.1 Å². The third-order valence-corrected chi connectivity index (χ3v) is 3.27. The molecular formula is C13H24F3N3O. The molecule has 0 aromatic heterocycles. The van der Waals surface area contributed by atoms with E-state index in [9.17, 15) is 13.2 Å². The maximum absolute atomic E-state index is 12.1. The van der Waals surface area contributed by atoms with Crippen molar-refractivity contribution >= 4 is 0 Å². The van der Waals surface area contributed by atoms with Gasteiger partial charge in [0, 0.05) is 37.4 Å². The summed E-state index contributed by atoms with van der Waals surface area (Å²) in [5.74, 6) is 0. The highest BCUT2D eigenvalue weighted by atomic mass is 19.4. The van der Waals surface area contributed by atoms with E-state index in [-0.39, 0.29) is 18.3 Å². The maximum Gasteiger partial charge on any atom is 0.392 e. The van der Waals surface area contributed by atoms with Gasteiger partial charge in [-0.25, -0.2) is 0 Å². The van der Waals surface area contributed by atoms with E-state index >= 15 is 0 Å². The Kier molecular flexibility index (Phi) is 6.78. The summed E-state index contributed by atoms with van der Waals surface area (Å²) in [7, 11) is 0. The van der Waals surface area contributed by atoms with Crippen LogP contribution in [0.2, 0.25) is 0 Å². The van der Waals surface area contributed by atoms with E-state index in [4.69, 9.17) is 10.8 Å². The van der Waals surface area contributed by atoms with Crippen LogP contribution in [-0.2, 0) is 0 Å². The van der Waals surface area contributed by atoms with Crippen LogP contribution in [0.3, 0.4) is 0 Å². The Labute approximate surface area is 117 Å². The van der Waals surface area contributed by atoms with E-state index in [2.05, 4.69) is 10.2 Å². The number of hydrogen-bond donors (Lipinski definition) is 3. The Hall–Kier alpha value is -0.790. The first-order chi connectivity index (χ1) is 9.33. The van der Waals surface area contributed by atoms with E-state index in [1.54, 1.807) is 0 Å². The molecule has 1 aliphatic rings. The van der Waals surface area contributed by atoms with Crippen molar-refractivity contribution in [3.8, 4) is 0 Å². The molecule has 1 rings (SSSR count). The molecule has 4 nitrogen and oxygen atoms in total. The van der Waals surface area contributed by atoms with Crippen molar-refractivity contribution in [1.29, 1.82) is 0 Å². The van der Waals surface area contributed by atoms with Gasteiger partial charge in [0.2, 0.25) is 0 Å². The van der Waals surface area contributed by atoms with Crippen LogP contribution in [-0.4, -0.2) is 54.5 Å². The van der Waals surface area contributed by atoms with E-state index in [0.717, 1.165) is 18.9 Å². The number of nitrogens with zero attached hydrogens (tertiary/aromatic N) is 1. The monoisotopic (exact) mass is 295 g/mol. The first-order valence-corrected chi connectivity index (χ1v) is 6.92. The normalized spacial score (nSPS) is 18.6. The summed E-state index contributed by atoms with van der Waals surface area (Å²) in [6, 6.07) is 0.589. The predicted octanol–water partition coefficient (Wildman–Crippen LogP) is 1.22. The van der Waals surface area contributed by atoms with Gasteiger partial charge < -0.3 is 16.2 Å². The van der Waals surface area contributed by atoms with Crippen LogP contribution in [0.5, 0.6) is 0 Å². The van der Waals surface area contributed by atoms with Gasteiger partial charge >= 0.3 is 6.18 Å². The molecule has 1 aliphatic carbocycles. The zero-order valence-electron chi connectivity index (χ0n) is 11.8. The number of alkyl halides is 3. The van der Waals surface area contributed by atoms with Gasteiger partial charge in [-0.15, -0.1) is 0 Å². The van der Waals surface area contributed by atoms with Crippen LogP contribution in [0.4, 0.5) is 13.2 Å². The molecule has 4 N–H and O–H groups in total. The molecule has 20 heavy (non-hydrogen) atoms. The van der Waals surface area contributed by atoms with E-state index in [1.165, 1.54) is 0 Å². The molecule has 0 saturated heterocycles. The molecule has 0 aliphatic heterocycles. The maximum atomic E-state index is 12.1. The molecule has 0 bridgehead atoms. The first kappa shape index (κ1) is 17.3. The average Bonchev–Trinajstić information content (AvgIpc) is 3.17. The summed E-state index contributed by atoms with van der Waals surface area (Å²) >= 11 is 0. The molecule has 1 atom stereocenters. The number of hydrogen-bond acceptors (Lipinski definition) is 4. The fraction of sp³-hybridized carbons (Fsp3) is 0.846. The fourth-order valence-corrected chi connectivity index (χ4v) is 2.08. The van der Waals surface area contributed by atoms with Crippen molar-refractivity contribution in [2.75, 3.05) is 26.2 Å². The number of nitrogens with one attached hydrogen (secondary N) is 1. The summed E-state index contributed by atoms with van der Waals surface area (Å²) in [5.41, 5.74) is 5.97. The standard InChI is InChI=1S/C13H24F3N3O/c1-10(8-18-6-7-20)19(12-2-3-12)9-11(17)4-5-13(14,15)16/h4,10,12,18,20H,2-3,5-9,17H2,1H3/t10-/m1/s1. The van der Waals surface area contributed by atoms with E-state index in [1.807, 2.05) is 6.92 Å². The second kappa shape index (κ2) is 7.85. The number of nitrogens with two attached hydrogens (primary N) is 1. The van der Waals surface area contributed by atoms with Gasteiger partial charge in [0.1, 0.15) is 0 Å². The molecule has 7 heteroatoms. The molecule has 1 saturated carbocycles. The second-order valence-electron chi connectivity index (χ2n) is 5.28. The van der Waals surface area contributed by atoms with E-state index in [0.29, 0.717) is 25.7 Å². The lowest BCUT2D eigenvalue weighted by atomic mass is 10.2. The van der Waals surface area contributed by atoms with Crippen LogP contribution >= 0.6 is 0 Å². The second-order valence-corrected chi connectivity index (χ2v) is 5.28. The molecule has 1 fully saturated rings. The van der Waals surface area contributed by atoms with Crippen molar-refractivity contribution in [2.24, 2.45) is 5.73 Å². The zero-order valence-corrected chi connectivity index (χ0v) is 11.8. The lowest BCUT2D eigenvalue weighted by Gasteiger charge is -2.29. The van der Waals surface area contributed by atoms with Crippen LogP contribution in [0.15, 0.2) is 11.8 Å². The summed E-state index contributed by atoms with van der Waals surface area (Å²) in [6.45, 7) is 3.65.